The molecule has 24 heavy (non-hydrogen) atoms. The number of aliphatic hydroxyl groups excluding tert-OH is 2. The summed E-state index contributed by atoms with van der Waals surface area (Å²) in [7, 11) is 0. The van der Waals surface area contributed by atoms with Crippen molar-refractivity contribution in [3.8, 4) is 11.1 Å². The lowest BCUT2D eigenvalue weighted by Gasteiger charge is -2.23. The van der Waals surface area contributed by atoms with Crippen LogP contribution in [-0.4, -0.2) is 22.9 Å². The molecule has 2 atom stereocenters. The Balaban J connectivity index is 1.93. The maximum atomic E-state index is 10.4. The Kier molecular flexibility index (Phi) is 4.33. The highest BCUT2D eigenvalue weighted by atomic mass is 16.3. The lowest BCUT2D eigenvalue weighted by Crippen LogP contribution is -2.20. The van der Waals surface area contributed by atoms with E-state index in [1.165, 1.54) is 16.7 Å². The SMILES string of the molecule is CC1(C)c2ccccc2-c2ccc(C(O)C(O)CCN=[N+]=[N-])cc21. The van der Waals surface area contributed by atoms with Gasteiger partial charge in [0.2, 0.25) is 0 Å². The van der Waals surface area contributed by atoms with Crippen molar-refractivity contribution in [1.82, 2.24) is 0 Å². The van der Waals surface area contributed by atoms with Gasteiger partial charge in [0.05, 0.1) is 6.10 Å². The fourth-order valence-corrected chi connectivity index (χ4v) is 3.52. The van der Waals surface area contributed by atoms with Crippen LogP contribution in [0.4, 0.5) is 0 Å². The van der Waals surface area contributed by atoms with E-state index in [-0.39, 0.29) is 18.4 Å². The average Bonchev–Trinajstić information content (AvgIpc) is 2.82. The van der Waals surface area contributed by atoms with E-state index in [0.29, 0.717) is 5.56 Å². The highest BCUT2D eigenvalue weighted by Gasteiger charge is 2.35. The minimum Gasteiger partial charge on any atom is -0.390 e. The van der Waals surface area contributed by atoms with Gasteiger partial charge in [0.1, 0.15) is 6.10 Å². The Morgan fingerprint density at radius 2 is 1.79 bits per heavy atom. The second-order valence-corrected chi connectivity index (χ2v) is 6.73. The summed E-state index contributed by atoms with van der Waals surface area (Å²) in [5.41, 5.74) is 13.7. The predicted molar refractivity (Wildman–Crippen MR) is 93.6 cm³/mol. The molecular weight excluding hydrogens is 302 g/mol. The monoisotopic (exact) mass is 323 g/mol. The summed E-state index contributed by atoms with van der Waals surface area (Å²) in [5, 5.41) is 23.9. The molecule has 0 amide bonds. The second kappa shape index (κ2) is 6.29. The highest BCUT2D eigenvalue weighted by molar-refractivity contribution is 5.80. The fraction of sp³-hybridized carbons (Fsp3) is 0.368. The van der Waals surface area contributed by atoms with Crippen LogP contribution in [0.25, 0.3) is 21.6 Å². The van der Waals surface area contributed by atoms with Gasteiger partial charge in [-0.3, -0.25) is 0 Å². The summed E-state index contributed by atoms with van der Waals surface area (Å²) >= 11 is 0. The van der Waals surface area contributed by atoms with Crippen LogP contribution in [-0.2, 0) is 5.41 Å². The predicted octanol–water partition coefficient (Wildman–Crippen LogP) is 4.09. The van der Waals surface area contributed by atoms with Gasteiger partial charge in [-0.1, -0.05) is 61.4 Å². The summed E-state index contributed by atoms with van der Waals surface area (Å²) < 4.78 is 0. The minimum absolute atomic E-state index is 0.141. The first-order valence-corrected chi connectivity index (χ1v) is 8.08. The van der Waals surface area contributed by atoms with Gasteiger partial charge in [-0.2, -0.15) is 0 Å². The normalized spacial score (nSPS) is 16.7. The van der Waals surface area contributed by atoms with Crippen LogP contribution in [0.15, 0.2) is 47.6 Å². The lowest BCUT2D eigenvalue weighted by atomic mass is 9.81. The van der Waals surface area contributed by atoms with Crippen LogP contribution in [0, 0.1) is 0 Å². The molecule has 0 aliphatic heterocycles. The van der Waals surface area contributed by atoms with Gasteiger partial charge in [0, 0.05) is 16.9 Å². The molecule has 5 heteroatoms. The Bertz CT molecular complexity index is 810. The van der Waals surface area contributed by atoms with Crippen LogP contribution in [0.2, 0.25) is 0 Å². The number of nitrogens with zero attached hydrogens (tertiary/aromatic N) is 3. The summed E-state index contributed by atoms with van der Waals surface area (Å²) in [4.78, 5) is 2.66. The molecule has 1 aliphatic rings. The molecule has 0 saturated heterocycles. The number of benzene rings is 2. The molecule has 0 bridgehead atoms. The second-order valence-electron chi connectivity index (χ2n) is 6.73. The van der Waals surface area contributed by atoms with Crippen molar-refractivity contribution in [3.63, 3.8) is 0 Å². The van der Waals surface area contributed by atoms with Gasteiger partial charge < -0.3 is 10.2 Å². The molecule has 1 aliphatic carbocycles. The number of fused-ring (bicyclic) bond motifs is 3. The van der Waals surface area contributed by atoms with Gasteiger partial charge in [0.15, 0.2) is 0 Å². The van der Waals surface area contributed by atoms with Crippen molar-refractivity contribution in [2.75, 3.05) is 6.54 Å². The first kappa shape index (κ1) is 16.5. The molecule has 3 rings (SSSR count). The zero-order valence-corrected chi connectivity index (χ0v) is 13.8. The largest absolute Gasteiger partial charge is 0.390 e. The van der Waals surface area contributed by atoms with Crippen molar-refractivity contribution in [1.29, 1.82) is 0 Å². The van der Waals surface area contributed by atoms with E-state index in [1.54, 1.807) is 0 Å². The molecule has 0 heterocycles. The maximum Gasteiger partial charge on any atom is 0.105 e. The fourth-order valence-electron chi connectivity index (χ4n) is 3.52. The van der Waals surface area contributed by atoms with E-state index < -0.39 is 12.2 Å². The molecule has 0 radical (unpaired) electrons. The molecule has 0 saturated carbocycles. The van der Waals surface area contributed by atoms with Gasteiger partial charge >= 0.3 is 0 Å². The number of aliphatic hydroxyl groups is 2. The third-order valence-electron chi connectivity index (χ3n) is 4.90. The zero-order chi connectivity index (χ0) is 17.3. The van der Waals surface area contributed by atoms with Gasteiger partial charge in [0.25, 0.3) is 0 Å². The zero-order valence-electron chi connectivity index (χ0n) is 13.8. The smallest absolute Gasteiger partial charge is 0.105 e. The molecule has 5 nitrogen and oxygen atoms in total. The lowest BCUT2D eigenvalue weighted by molar-refractivity contribution is 0.0150. The van der Waals surface area contributed by atoms with Gasteiger partial charge in [-0.05, 0) is 39.8 Å². The van der Waals surface area contributed by atoms with Crippen molar-refractivity contribution in [2.24, 2.45) is 5.11 Å². The third-order valence-corrected chi connectivity index (χ3v) is 4.90. The number of azide groups is 1. The van der Waals surface area contributed by atoms with E-state index in [1.807, 2.05) is 30.3 Å². The average molecular weight is 323 g/mol. The first-order valence-electron chi connectivity index (χ1n) is 8.08. The van der Waals surface area contributed by atoms with Crippen LogP contribution < -0.4 is 0 Å². The molecule has 0 spiro atoms. The van der Waals surface area contributed by atoms with E-state index in [4.69, 9.17) is 5.53 Å². The van der Waals surface area contributed by atoms with E-state index in [9.17, 15) is 10.2 Å². The van der Waals surface area contributed by atoms with Crippen molar-refractivity contribution >= 4 is 0 Å². The Morgan fingerprint density at radius 1 is 1.08 bits per heavy atom. The molecule has 2 aromatic rings. The van der Waals surface area contributed by atoms with Crippen molar-refractivity contribution < 1.29 is 10.2 Å². The molecule has 2 unspecified atom stereocenters. The summed E-state index contributed by atoms with van der Waals surface area (Å²) in [5.74, 6) is 0. The number of hydrogen-bond donors (Lipinski definition) is 2. The topological polar surface area (TPSA) is 89.2 Å². The first-order chi connectivity index (χ1) is 11.5. The van der Waals surface area contributed by atoms with E-state index in [2.05, 4.69) is 36.0 Å². The third kappa shape index (κ3) is 2.67. The quantitative estimate of drug-likeness (QED) is 0.493. The molecular formula is C19H21N3O2. The van der Waals surface area contributed by atoms with Crippen LogP contribution in [0.3, 0.4) is 0 Å². The standard InChI is InChI=1S/C19H21N3O2/c1-19(2)15-6-4-3-5-13(15)14-8-7-12(11-16(14)19)18(24)17(23)9-10-21-22-20/h3-8,11,17-18,23-24H,9-10H2,1-2H3. The van der Waals surface area contributed by atoms with Crippen LogP contribution in [0.5, 0.6) is 0 Å². The van der Waals surface area contributed by atoms with Gasteiger partial charge in [-0.15, -0.1) is 0 Å². The molecule has 0 fully saturated rings. The Labute approximate surface area is 141 Å². The molecule has 2 aromatic carbocycles. The Morgan fingerprint density at radius 3 is 2.54 bits per heavy atom. The van der Waals surface area contributed by atoms with E-state index in [0.717, 1.165) is 5.56 Å². The van der Waals surface area contributed by atoms with Crippen LogP contribution in [0.1, 0.15) is 43.1 Å². The van der Waals surface area contributed by atoms with Crippen molar-refractivity contribution in [3.05, 3.63) is 69.6 Å². The summed E-state index contributed by atoms with van der Waals surface area (Å²) in [6.45, 7) is 4.51. The number of rotatable bonds is 5. The van der Waals surface area contributed by atoms with Crippen LogP contribution >= 0.6 is 0 Å². The maximum absolute atomic E-state index is 10.4. The summed E-state index contributed by atoms with van der Waals surface area (Å²) in [6.07, 6.45) is -1.73. The Hall–Kier alpha value is -2.33. The molecule has 0 aromatic heterocycles. The highest BCUT2D eigenvalue weighted by Crippen LogP contribution is 2.49. The molecule has 2 N–H and O–H groups in total. The minimum atomic E-state index is -0.997. The number of hydrogen-bond acceptors (Lipinski definition) is 3. The molecule has 124 valence electrons. The van der Waals surface area contributed by atoms with Gasteiger partial charge in [-0.25, -0.2) is 0 Å². The summed E-state index contributed by atoms with van der Waals surface area (Å²) in [6, 6.07) is 14.2. The van der Waals surface area contributed by atoms with E-state index >= 15 is 0 Å². The van der Waals surface area contributed by atoms with Crippen molar-refractivity contribution in [2.45, 2.75) is 37.9 Å².